The number of pyridine rings is 1. The van der Waals surface area contributed by atoms with E-state index >= 15 is 0 Å². The van der Waals surface area contributed by atoms with Crippen molar-refractivity contribution in [3.63, 3.8) is 0 Å². The van der Waals surface area contributed by atoms with Gasteiger partial charge in [-0.3, -0.25) is 4.79 Å². The van der Waals surface area contributed by atoms with Crippen molar-refractivity contribution in [2.24, 2.45) is 5.11 Å². The number of aromatic nitrogens is 1. The number of hydrogen-bond donors (Lipinski definition) is 1. The normalized spacial score (nSPS) is 9.50. The molecule has 1 heterocycles. The second-order valence-corrected chi connectivity index (χ2v) is 2.76. The summed E-state index contributed by atoms with van der Waals surface area (Å²) in [6.07, 6.45) is 1.56. The molecule has 0 radical (unpaired) electrons. The highest BCUT2D eigenvalue weighted by Crippen LogP contribution is 2.08. The van der Waals surface area contributed by atoms with Crippen LogP contribution in [0.2, 0.25) is 0 Å². The van der Waals surface area contributed by atoms with Crippen molar-refractivity contribution in [2.45, 2.75) is 13.5 Å². The molecule has 0 aliphatic rings. The Morgan fingerprint density at radius 2 is 2.43 bits per heavy atom. The van der Waals surface area contributed by atoms with Crippen LogP contribution in [0.15, 0.2) is 22.2 Å². The first-order valence-corrected chi connectivity index (χ1v) is 4.06. The summed E-state index contributed by atoms with van der Waals surface area (Å²) in [6, 6.07) is 1.28. The van der Waals surface area contributed by atoms with E-state index in [1.165, 1.54) is 6.07 Å². The molecule has 1 rings (SSSR count). The number of nitrogens with zero attached hydrogens (tertiary/aromatic N) is 4. The second-order valence-electron chi connectivity index (χ2n) is 2.76. The molecule has 0 aliphatic heterocycles. The Morgan fingerprint density at radius 1 is 1.71 bits per heavy atom. The average Bonchev–Trinajstić information content (AvgIpc) is 2.18. The fourth-order valence-electron chi connectivity index (χ4n) is 1.10. The second kappa shape index (κ2) is 4.34. The van der Waals surface area contributed by atoms with Gasteiger partial charge in [0.2, 0.25) is 5.43 Å². The van der Waals surface area contributed by atoms with E-state index in [1.54, 1.807) is 17.7 Å². The summed E-state index contributed by atoms with van der Waals surface area (Å²) in [5.41, 5.74) is 8.14. The molecule has 1 aromatic rings. The van der Waals surface area contributed by atoms with Crippen molar-refractivity contribution in [3.05, 3.63) is 38.6 Å². The number of hydrogen-bond acceptors (Lipinski definition) is 3. The maximum absolute atomic E-state index is 11.0. The first kappa shape index (κ1) is 10.1. The minimum atomic E-state index is -0.400. The zero-order chi connectivity index (χ0) is 10.6. The van der Waals surface area contributed by atoms with Crippen LogP contribution in [0.25, 0.3) is 10.4 Å². The maximum atomic E-state index is 11.0. The van der Waals surface area contributed by atoms with Crippen molar-refractivity contribution < 1.29 is 5.11 Å². The summed E-state index contributed by atoms with van der Waals surface area (Å²) < 4.78 is 1.66. The van der Waals surface area contributed by atoms with Gasteiger partial charge in [0.05, 0.1) is 5.69 Å². The highest BCUT2D eigenvalue weighted by molar-refractivity contribution is 5.25. The van der Waals surface area contributed by atoms with Crippen LogP contribution in [-0.2, 0) is 6.54 Å². The summed E-state index contributed by atoms with van der Waals surface area (Å²) in [7, 11) is 0. The van der Waals surface area contributed by atoms with E-state index in [1.807, 2.05) is 0 Å². The molecular weight excluding hydrogens is 184 g/mol. The summed E-state index contributed by atoms with van der Waals surface area (Å²) in [5, 5.41) is 12.7. The molecule has 0 aromatic carbocycles. The van der Waals surface area contributed by atoms with Gasteiger partial charge >= 0.3 is 0 Å². The summed E-state index contributed by atoms with van der Waals surface area (Å²) in [6.45, 7) is 2.37. The minimum absolute atomic E-state index is 0.256. The molecule has 6 nitrogen and oxygen atoms in total. The van der Waals surface area contributed by atoms with Crippen molar-refractivity contribution >= 4 is 0 Å². The Balaban J connectivity index is 2.94. The number of rotatable bonds is 3. The van der Waals surface area contributed by atoms with Gasteiger partial charge in [-0.25, -0.2) is 0 Å². The van der Waals surface area contributed by atoms with Gasteiger partial charge in [0.15, 0.2) is 5.75 Å². The molecule has 1 aromatic heterocycles. The van der Waals surface area contributed by atoms with E-state index in [0.717, 1.165) is 0 Å². The molecule has 0 amide bonds. The lowest BCUT2D eigenvalue weighted by atomic mass is 10.3. The molecule has 0 aliphatic carbocycles. The van der Waals surface area contributed by atoms with Crippen molar-refractivity contribution in [3.8, 4) is 5.75 Å². The first-order chi connectivity index (χ1) is 6.66. The molecule has 14 heavy (non-hydrogen) atoms. The van der Waals surface area contributed by atoms with Crippen LogP contribution in [0.1, 0.15) is 5.69 Å². The zero-order valence-electron chi connectivity index (χ0n) is 7.71. The fourth-order valence-corrected chi connectivity index (χ4v) is 1.10. The largest absolute Gasteiger partial charge is 0.503 e. The lowest BCUT2D eigenvalue weighted by Crippen LogP contribution is -2.11. The Morgan fingerprint density at radius 3 is 3.07 bits per heavy atom. The van der Waals surface area contributed by atoms with Crippen LogP contribution in [-0.4, -0.2) is 16.2 Å². The Kier molecular flexibility index (Phi) is 3.14. The maximum Gasteiger partial charge on any atom is 0.223 e. The van der Waals surface area contributed by atoms with E-state index in [2.05, 4.69) is 10.0 Å². The summed E-state index contributed by atoms with van der Waals surface area (Å²) >= 11 is 0. The standard InChI is InChI=1S/C8H10N4O2/c1-6-8(14)7(13)2-4-12(6)5-3-10-11-9/h2,4,14H,3,5H2,1H3. The third kappa shape index (κ3) is 2.05. The lowest BCUT2D eigenvalue weighted by Gasteiger charge is -2.09. The van der Waals surface area contributed by atoms with Crippen molar-refractivity contribution in [1.29, 1.82) is 0 Å². The molecule has 0 bridgehead atoms. The molecule has 0 fully saturated rings. The highest BCUT2D eigenvalue weighted by atomic mass is 16.3. The van der Waals surface area contributed by atoms with Crippen molar-refractivity contribution in [1.82, 2.24) is 4.57 Å². The van der Waals surface area contributed by atoms with Gasteiger partial charge in [-0.05, 0) is 12.5 Å². The van der Waals surface area contributed by atoms with Crippen LogP contribution in [0.3, 0.4) is 0 Å². The van der Waals surface area contributed by atoms with Gasteiger partial charge in [0, 0.05) is 30.3 Å². The molecule has 0 atom stereocenters. The van der Waals surface area contributed by atoms with Crippen LogP contribution in [0, 0.1) is 6.92 Å². The van der Waals surface area contributed by atoms with Gasteiger partial charge in [-0.2, -0.15) is 0 Å². The predicted molar refractivity (Wildman–Crippen MR) is 51.1 cm³/mol. The Bertz CT molecular complexity index is 431. The summed E-state index contributed by atoms with van der Waals surface area (Å²) in [4.78, 5) is 13.6. The number of azide groups is 1. The van der Waals surface area contributed by atoms with Crippen LogP contribution in [0.4, 0.5) is 0 Å². The molecule has 0 spiro atoms. The third-order valence-electron chi connectivity index (χ3n) is 1.92. The quantitative estimate of drug-likeness (QED) is 0.444. The average molecular weight is 194 g/mol. The Hall–Kier alpha value is -1.94. The summed E-state index contributed by atoms with van der Waals surface area (Å²) in [5.74, 6) is -0.256. The molecular formula is C8H10N4O2. The SMILES string of the molecule is Cc1c(O)c(=O)ccn1CCN=[N+]=[N-]. The molecule has 1 N–H and O–H groups in total. The third-order valence-corrected chi connectivity index (χ3v) is 1.92. The Labute approximate surface area is 80.0 Å². The predicted octanol–water partition coefficient (Wildman–Crippen LogP) is 1.17. The van der Waals surface area contributed by atoms with E-state index < -0.39 is 5.43 Å². The van der Waals surface area contributed by atoms with Crippen LogP contribution < -0.4 is 5.43 Å². The molecule has 0 saturated heterocycles. The van der Waals surface area contributed by atoms with Gasteiger partial charge in [-0.15, -0.1) is 0 Å². The molecule has 0 unspecified atom stereocenters. The van der Waals surface area contributed by atoms with Gasteiger partial charge in [0.1, 0.15) is 0 Å². The molecule has 74 valence electrons. The van der Waals surface area contributed by atoms with Crippen molar-refractivity contribution in [2.75, 3.05) is 6.54 Å². The van der Waals surface area contributed by atoms with Crippen LogP contribution >= 0.6 is 0 Å². The fraction of sp³-hybridized carbons (Fsp3) is 0.375. The van der Waals surface area contributed by atoms with E-state index in [-0.39, 0.29) is 5.75 Å². The first-order valence-electron chi connectivity index (χ1n) is 4.06. The van der Waals surface area contributed by atoms with Gasteiger partial charge in [-0.1, -0.05) is 5.11 Å². The highest BCUT2D eigenvalue weighted by Gasteiger charge is 2.03. The topological polar surface area (TPSA) is 91.0 Å². The van der Waals surface area contributed by atoms with Gasteiger partial charge in [0.25, 0.3) is 0 Å². The van der Waals surface area contributed by atoms with E-state index in [0.29, 0.717) is 18.8 Å². The smallest absolute Gasteiger partial charge is 0.223 e. The zero-order valence-corrected chi connectivity index (χ0v) is 7.71. The molecule has 6 heteroatoms. The lowest BCUT2D eigenvalue weighted by molar-refractivity contribution is 0.453. The van der Waals surface area contributed by atoms with E-state index in [9.17, 15) is 9.90 Å². The van der Waals surface area contributed by atoms with Crippen LogP contribution in [0.5, 0.6) is 5.75 Å². The number of aromatic hydroxyl groups is 1. The monoisotopic (exact) mass is 194 g/mol. The van der Waals surface area contributed by atoms with E-state index in [4.69, 9.17) is 5.53 Å². The minimum Gasteiger partial charge on any atom is -0.503 e. The van der Waals surface area contributed by atoms with Gasteiger partial charge < -0.3 is 9.67 Å². The molecule has 0 saturated carbocycles.